The Labute approximate surface area is 189 Å². The molecule has 2 aliphatic rings. The molecule has 1 atom stereocenters. The van der Waals surface area contributed by atoms with E-state index in [0.29, 0.717) is 24.7 Å². The van der Waals surface area contributed by atoms with Crippen LogP contribution in [0.3, 0.4) is 0 Å². The number of nitrogens with zero attached hydrogens (tertiary/aromatic N) is 4. The molecule has 1 fully saturated rings. The Bertz CT molecular complexity index is 1110. The van der Waals surface area contributed by atoms with E-state index in [-0.39, 0.29) is 5.91 Å². The number of imidazole rings is 1. The van der Waals surface area contributed by atoms with Crippen LogP contribution >= 0.6 is 0 Å². The molecule has 3 heterocycles. The van der Waals surface area contributed by atoms with Gasteiger partial charge in [-0.3, -0.25) is 4.79 Å². The Morgan fingerprint density at radius 1 is 1.03 bits per heavy atom. The second kappa shape index (κ2) is 8.69. The minimum absolute atomic E-state index is 0.0408. The highest BCUT2D eigenvalue weighted by atomic mass is 16.5. The predicted molar refractivity (Wildman–Crippen MR) is 126 cm³/mol. The summed E-state index contributed by atoms with van der Waals surface area (Å²) >= 11 is 0. The molecular weight excluding hydrogens is 400 g/mol. The molecule has 1 saturated heterocycles. The van der Waals surface area contributed by atoms with Crippen LogP contribution in [0.15, 0.2) is 54.7 Å². The van der Waals surface area contributed by atoms with Gasteiger partial charge in [-0.2, -0.15) is 0 Å². The van der Waals surface area contributed by atoms with Crippen LogP contribution in [0.2, 0.25) is 0 Å². The number of methoxy groups -OCH3 is 1. The van der Waals surface area contributed by atoms with Crippen LogP contribution in [0.4, 0.5) is 5.69 Å². The zero-order valence-corrected chi connectivity index (χ0v) is 18.8. The molecule has 5 rings (SSSR count). The van der Waals surface area contributed by atoms with E-state index in [4.69, 9.17) is 9.72 Å². The molecule has 166 valence electrons. The number of carbonyl (C=O) groups excluding carboxylic acids is 1. The Morgan fingerprint density at radius 2 is 1.78 bits per heavy atom. The van der Waals surface area contributed by atoms with Crippen molar-refractivity contribution in [2.24, 2.45) is 0 Å². The van der Waals surface area contributed by atoms with Gasteiger partial charge in [-0.15, -0.1) is 0 Å². The van der Waals surface area contributed by atoms with Crippen molar-refractivity contribution >= 4 is 11.6 Å². The second-order valence-corrected chi connectivity index (χ2v) is 8.74. The SMILES string of the molecule is COc1ccccc1N1CCN(C(=O)c2cn3c(n2)CCC(c2ccccc2C)C3)CC1. The van der Waals surface area contributed by atoms with Crippen molar-refractivity contribution in [3.8, 4) is 5.75 Å². The molecule has 2 aromatic carbocycles. The lowest BCUT2D eigenvalue weighted by Crippen LogP contribution is -2.49. The number of piperazine rings is 1. The van der Waals surface area contributed by atoms with Crippen LogP contribution in [0.1, 0.15) is 39.8 Å². The zero-order valence-electron chi connectivity index (χ0n) is 18.8. The Hall–Kier alpha value is -3.28. The smallest absolute Gasteiger partial charge is 0.274 e. The molecule has 0 saturated carbocycles. The molecule has 0 aliphatic carbocycles. The molecule has 0 N–H and O–H groups in total. The average Bonchev–Trinajstić information content (AvgIpc) is 3.27. The number of aryl methyl sites for hydroxylation is 2. The normalized spacial score (nSPS) is 18.4. The molecule has 1 amide bonds. The Kier molecular flexibility index (Phi) is 5.60. The summed E-state index contributed by atoms with van der Waals surface area (Å²) in [5, 5.41) is 0. The fourth-order valence-electron chi connectivity index (χ4n) is 5.05. The summed E-state index contributed by atoms with van der Waals surface area (Å²) in [4.78, 5) is 22.1. The number of rotatable bonds is 4. The molecule has 2 aliphatic heterocycles. The van der Waals surface area contributed by atoms with Crippen LogP contribution < -0.4 is 9.64 Å². The average molecular weight is 431 g/mol. The fraction of sp³-hybridized carbons (Fsp3) is 0.385. The first-order valence-corrected chi connectivity index (χ1v) is 11.4. The van der Waals surface area contributed by atoms with Crippen molar-refractivity contribution in [1.29, 1.82) is 0 Å². The van der Waals surface area contributed by atoms with Gasteiger partial charge in [0.2, 0.25) is 0 Å². The number of aromatic nitrogens is 2. The third kappa shape index (κ3) is 3.85. The maximum absolute atomic E-state index is 13.2. The maximum Gasteiger partial charge on any atom is 0.274 e. The standard InChI is InChI=1S/C26H30N4O2/c1-19-7-3-4-8-21(19)20-11-12-25-27-22(18-30(25)17-20)26(31)29-15-13-28(14-16-29)23-9-5-6-10-24(23)32-2/h3-10,18,20H,11-17H2,1-2H3. The summed E-state index contributed by atoms with van der Waals surface area (Å²) in [6.07, 6.45) is 3.95. The third-order valence-electron chi connectivity index (χ3n) is 6.83. The number of hydrogen-bond donors (Lipinski definition) is 0. The minimum atomic E-state index is 0.0408. The molecule has 32 heavy (non-hydrogen) atoms. The summed E-state index contributed by atoms with van der Waals surface area (Å²) in [7, 11) is 1.70. The van der Waals surface area contributed by atoms with Crippen molar-refractivity contribution in [1.82, 2.24) is 14.5 Å². The molecule has 0 bridgehead atoms. The summed E-state index contributed by atoms with van der Waals surface area (Å²) in [6, 6.07) is 16.7. The highest BCUT2D eigenvalue weighted by Crippen LogP contribution is 2.31. The minimum Gasteiger partial charge on any atom is -0.495 e. The molecule has 3 aromatic rings. The quantitative estimate of drug-likeness (QED) is 0.630. The van der Waals surface area contributed by atoms with Crippen LogP contribution in [-0.2, 0) is 13.0 Å². The summed E-state index contributed by atoms with van der Waals surface area (Å²) < 4.78 is 7.70. The number of para-hydroxylation sites is 2. The summed E-state index contributed by atoms with van der Waals surface area (Å²) in [5.41, 5.74) is 4.41. The Morgan fingerprint density at radius 3 is 2.56 bits per heavy atom. The van der Waals surface area contributed by atoms with E-state index in [1.165, 1.54) is 11.1 Å². The second-order valence-electron chi connectivity index (χ2n) is 8.74. The summed E-state index contributed by atoms with van der Waals surface area (Å²) in [5.74, 6) is 2.42. The van der Waals surface area contributed by atoms with E-state index in [1.807, 2.05) is 29.3 Å². The zero-order chi connectivity index (χ0) is 22.1. The fourth-order valence-corrected chi connectivity index (χ4v) is 5.05. The van der Waals surface area contributed by atoms with Gasteiger partial charge in [-0.05, 0) is 36.6 Å². The number of anilines is 1. The van der Waals surface area contributed by atoms with Gasteiger partial charge in [0.15, 0.2) is 0 Å². The monoisotopic (exact) mass is 430 g/mol. The lowest BCUT2D eigenvalue weighted by Gasteiger charge is -2.36. The van der Waals surface area contributed by atoms with E-state index in [2.05, 4.69) is 46.7 Å². The topological polar surface area (TPSA) is 50.6 Å². The molecule has 0 spiro atoms. The van der Waals surface area contributed by atoms with Crippen molar-refractivity contribution in [3.05, 3.63) is 77.4 Å². The summed E-state index contributed by atoms with van der Waals surface area (Å²) in [6.45, 7) is 6.01. The van der Waals surface area contributed by atoms with Crippen molar-refractivity contribution in [2.75, 3.05) is 38.2 Å². The molecular formula is C26H30N4O2. The molecule has 1 aromatic heterocycles. The van der Waals surface area contributed by atoms with Crippen LogP contribution in [0, 0.1) is 6.92 Å². The van der Waals surface area contributed by atoms with Gasteiger partial charge >= 0.3 is 0 Å². The van der Waals surface area contributed by atoms with Gasteiger partial charge < -0.3 is 19.1 Å². The number of fused-ring (bicyclic) bond motifs is 1. The Balaban J connectivity index is 1.25. The first kappa shape index (κ1) is 20.6. The van der Waals surface area contributed by atoms with Crippen molar-refractivity contribution < 1.29 is 9.53 Å². The lowest BCUT2D eigenvalue weighted by atomic mass is 9.89. The maximum atomic E-state index is 13.2. The first-order chi connectivity index (χ1) is 15.6. The number of ether oxygens (including phenoxy) is 1. The van der Waals surface area contributed by atoms with Gasteiger partial charge in [0.05, 0.1) is 12.8 Å². The first-order valence-electron chi connectivity index (χ1n) is 11.4. The van der Waals surface area contributed by atoms with Gasteiger partial charge in [0.25, 0.3) is 5.91 Å². The molecule has 0 radical (unpaired) electrons. The number of benzene rings is 2. The number of carbonyl (C=O) groups is 1. The van der Waals surface area contributed by atoms with E-state index < -0.39 is 0 Å². The van der Waals surface area contributed by atoms with Crippen molar-refractivity contribution in [2.45, 2.75) is 32.2 Å². The van der Waals surface area contributed by atoms with Crippen LogP contribution in [0.5, 0.6) is 5.75 Å². The molecule has 6 nitrogen and oxygen atoms in total. The third-order valence-corrected chi connectivity index (χ3v) is 6.83. The highest BCUT2D eigenvalue weighted by molar-refractivity contribution is 5.92. The lowest BCUT2D eigenvalue weighted by molar-refractivity contribution is 0.0741. The van der Waals surface area contributed by atoms with Gasteiger partial charge in [-0.25, -0.2) is 4.98 Å². The highest BCUT2D eigenvalue weighted by Gasteiger charge is 2.28. The number of amides is 1. The van der Waals surface area contributed by atoms with Crippen molar-refractivity contribution in [3.63, 3.8) is 0 Å². The van der Waals surface area contributed by atoms with E-state index in [0.717, 1.165) is 49.7 Å². The number of hydrogen-bond acceptors (Lipinski definition) is 4. The van der Waals surface area contributed by atoms with Crippen LogP contribution in [-0.4, -0.2) is 53.6 Å². The largest absolute Gasteiger partial charge is 0.495 e. The molecule has 6 heteroatoms. The van der Waals surface area contributed by atoms with E-state index >= 15 is 0 Å². The van der Waals surface area contributed by atoms with E-state index in [9.17, 15) is 4.79 Å². The molecule has 1 unspecified atom stereocenters. The van der Waals surface area contributed by atoms with Gasteiger partial charge in [0.1, 0.15) is 17.3 Å². The van der Waals surface area contributed by atoms with Gasteiger partial charge in [-0.1, -0.05) is 36.4 Å². The van der Waals surface area contributed by atoms with Gasteiger partial charge in [0, 0.05) is 51.3 Å². The predicted octanol–water partition coefficient (Wildman–Crippen LogP) is 3.89. The van der Waals surface area contributed by atoms with Crippen LogP contribution in [0.25, 0.3) is 0 Å². The van der Waals surface area contributed by atoms with E-state index in [1.54, 1.807) is 7.11 Å².